The number of carboxylic acids is 1. The number of carbonyl (C=O) groups is 2. The summed E-state index contributed by atoms with van der Waals surface area (Å²) in [6.07, 6.45) is 3.87. The molecule has 9 heteroatoms. The van der Waals surface area contributed by atoms with Gasteiger partial charge in [0.25, 0.3) is 5.91 Å². The summed E-state index contributed by atoms with van der Waals surface area (Å²) in [6.45, 7) is 0.824. The molecule has 0 aromatic heterocycles. The molecule has 1 aromatic carbocycles. The van der Waals surface area contributed by atoms with E-state index in [4.69, 9.17) is 33.3 Å². The van der Waals surface area contributed by atoms with Crippen molar-refractivity contribution in [1.82, 2.24) is 4.90 Å². The van der Waals surface area contributed by atoms with Crippen LogP contribution in [0, 0.1) is 0 Å². The van der Waals surface area contributed by atoms with Crippen molar-refractivity contribution in [1.29, 1.82) is 0 Å². The van der Waals surface area contributed by atoms with Gasteiger partial charge in [0.05, 0.1) is 28.6 Å². The van der Waals surface area contributed by atoms with Crippen molar-refractivity contribution in [2.24, 2.45) is 0 Å². The third kappa shape index (κ3) is 4.35. The molecule has 1 N–H and O–H groups in total. The fourth-order valence-electron chi connectivity index (χ4n) is 2.67. The maximum Gasteiger partial charge on any atom is 0.337 e. The number of methoxy groups -OCH3 is 1. The summed E-state index contributed by atoms with van der Waals surface area (Å²) >= 11 is 12.4. The van der Waals surface area contributed by atoms with Gasteiger partial charge in [-0.05, 0) is 30.4 Å². The Hall–Kier alpha value is -1.87. The number of nitrogens with zero attached hydrogens (tertiary/aromatic N) is 1. The minimum atomic E-state index is -1.10. The second kappa shape index (κ2) is 8.43. The molecular weight excluding hydrogens is 410 g/mol. The number of amides is 1. The van der Waals surface area contributed by atoms with Crippen molar-refractivity contribution in [2.45, 2.75) is 12.5 Å². The van der Waals surface area contributed by atoms with E-state index in [2.05, 4.69) is 0 Å². The van der Waals surface area contributed by atoms with Crippen molar-refractivity contribution >= 4 is 57.5 Å². The van der Waals surface area contributed by atoms with E-state index < -0.39 is 5.97 Å². The standard InChI is InChI=1S/C18H16ClNO5S2/c1-24-7-6-20-16(21)15(27-18(20)26)9-11-3-5-14(25-11)10-2-4-13(19)12(8-10)17(22)23/h2,4-5,8-9,11H,3,6-7H2,1H3,(H,22,23)/b15-9-. The van der Waals surface area contributed by atoms with E-state index in [1.807, 2.05) is 6.08 Å². The Morgan fingerprint density at radius 1 is 1.56 bits per heavy atom. The highest BCUT2D eigenvalue weighted by Crippen LogP contribution is 2.35. The van der Waals surface area contributed by atoms with E-state index in [1.54, 1.807) is 19.3 Å². The van der Waals surface area contributed by atoms with Crippen LogP contribution in [-0.2, 0) is 14.3 Å². The van der Waals surface area contributed by atoms with Gasteiger partial charge in [0.2, 0.25) is 0 Å². The van der Waals surface area contributed by atoms with Gasteiger partial charge in [-0.2, -0.15) is 0 Å². The highest BCUT2D eigenvalue weighted by Gasteiger charge is 2.33. The second-order valence-corrected chi connectivity index (χ2v) is 7.89. The summed E-state index contributed by atoms with van der Waals surface area (Å²) in [5.41, 5.74) is 0.640. The molecule has 142 valence electrons. The molecule has 1 amide bonds. The number of aromatic carboxylic acids is 1. The molecular formula is C18H16ClNO5S2. The van der Waals surface area contributed by atoms with Crippen molar-refractivity contribution in [3.63, 3.8) is 0 Å². The fraction of sp³-hybridized carbons (Fsp3) is 0.278. The first kappa shape index (κ1) is 19.9. The smallest absolute Gasteiger partial charge is 0.337 e. The van der Waals surface area contributed by atoms with Crippen LogP contribution in [0.15, 0.2) is 35.3 Å². The monoisotopic (exact) mass is 425 g/mol. The Morgan fingerprint density at radius 2 is 2.33 bits per heavy atom. The molecule has 2 aliphatic heterocycles. The number of hydrogen-bond acceptors (Lipinski definition) is 6. The van der Waals surface area contributed by atoms with Gasteiger partial charge >= 0.3 is 5.97 Å². The zero-order chi connectivity index (χ0) is 19.6. The number of carbonyl (C=O) groups excluding carboxylic acids is 1. The first-order chi connectivity index (χ1) is 12.9. The first-order valence-corrected chi connectivity index (χ1v) is 9.65. The largest absolute Gasteiger partial charge is 0.486 e. The Bertz CT molecular complexity index is 867. The minimum absolute atomic E-state index is 0.0149. The lowest BCUT2D eigenvalue weighted by Crippen LogP contribution is -2.31. The SMILES string of the molecule is COCCN1C(=O)/C(=C/C2CC=C(c3ccc(Cl)c(C(=O)O)c3)O2)SC1=S. The molecule has 1 saturated heterocycles. The van der Waals surface area contributed by atoms with Gasteiger partial charge < -0.3 is 14.6 Å². The van der Waals surface area contributed by atoms with Crippen LogP contribution in [0.5, 0.6) is 0 Å². The van der Waals surface area contributed by atoms with Crippen molar-refractivity contribution in [2.75, 3.05) is 20.3 Å². The summed E-state index contributed by atoms with van der Waals surface area (Å²) in [4.78, 5) is 25.7. The Morgan fingerprint density at radius 3 is 3.04 bits per heavy atom. The van der Waals surface area contributed by atoms with Crippen LogP contribution in [-0.4, -0.2) is 52.6 Å². The van der Waals surface area contributed by atoms with Gasteiger partial charge in [0.1, 0.15) is 16.2 Å². The van der Waals surface area contributed by atoms with E-state index in [-0.39, 0.29) is 22.6 Å². The van der Waals surface area contributed by atoms with Crippen molar-refractivity contribution < 1.29 is 24.2 Å². The molecule has 0 aliphatic carbocycles. The van der Waals surface area contributed by atoms with Gasteiger partial charge in [-0.25, -0.2) is 4.79 Å². The van der Waals surface area contributed by atoms with Crippen LogP contribution in [0.25, 0.3) is 5.76 Å². The predicted molar refractivity (Wildman–Crippen MR) is 108 cm³/mol. The van der Waals surface area contributed by atoms with E-state index in [0.29, 0.717) is 40.1 Å². The average molecular weight is 426 g/mol. The fourth-order valence-corrected chi connectivity index (χ4v) is 4.20. The van der Waals surface area contributed by atoms with Crippen LogP contribution in [0.1, 0.15) is 22.3 Å². The van der Waals surface area contributed by atoms with Gasteiger partial charge in [0, 0.05) is 19.1 Å². The molecule has 1 aromatic rings. The number of rotatable bonds is 6. The number of halogens is 1. The van der Waals surface area contributed by atoms with Crippen LogP contribution < -0.4 is 0 Å². The Kier molecular flexibility index (Phi) is 6.21. The molecule has 2 heterocycles. The average Bonchev–Trinajstić information content (AvgIpc) is 3.19. The van der Waals surface area contributed by atoms with Crippen LogP contribution >= 0.6 is 35.6 Å². The topological polar surface area (TPSA) is 76.1 Å². The van der Waals surface area contributed by atoms with Crippen molar-refractivity contribution in [3.05, 3.63) is 51.4 Å². The van der Waals surface area contributed by atoms with Gasteiger partial charge in [-0.3, -0.25) is 9.69 Å². The first-order valence-electron chi connectivity index (χ1n) is 8.05. The summed E-state index contributed by atoms with van der Waals surface area (Å²) in [7, 11) is 1.57. The van der Waals surface area contributed by atoms with Gasteiger partial charge in [0.15, 0.2) is 0 Å². The van der Waals surface area contributed by atoms with Gasteiger partial charge in [-0.15, -0.1) is 0 Å². The van der Waals surface area contributed by atoms with E-state index >= 15 is 0 Å². The highest BCUT2D eigenvalue weighted by atomic mass is 35.5. The van der Waals surface area contributed by atoms with Crippen LogP contribution in [0.2, 0.25) is 5.02 Å². The lowest BCUT2D eigenvalue weighted by atomic mass is 10.1. The van der Waals surface area contributed by atoms with Gasteiger partial charge in [-0.1, -0.05) is 35.6 Å². The zero-order valence-electron chi connectivity index (χ0n) is 14.3. The number of benzene rings is 1. The number of thiocarbonyl (C=S) groups is 1. The molecule has 0 bridgehead atoms. The summed E-state index contributed by atoms with van der Waals surface area (Å²) < 4.78 is 11.4. The quantitative estimate of drug-likeness (QED) is 0.551. The molecule has 2 aliphatic rings. The zero-order valence-corrected chi connectivity index (χ0v) is 16.7. The van der Waals surface area contributed by atoms with Crippen molar-refractivity contribution in [3.8, 4) is 0 Å². The summed E-state index contributed by atoms with van der Waals surface area (Å²) in [5.74, 6) is -0.694. The molecule has 0 spiro atoms. The number of thioether (sulfide) groups is 1. The molecule has 0 saturated carbocycles. The third-order valence-corrected chi connectivity index (χ3v) is 5.75. The van der Waals surface area contributed by atoms with Crippen LogP contribution in [0.4, 0.5) is 0 Å². The molecule has 0 radical (unpaired) electrons. The molecule has 1 atom stereocenters. The minimum Gasteiger partial charge on any atom is -0.486 e. The molecule has 3 rings (SSSR count). The van der Waals surface area contributed by atoms with E-state index in [1.165, 1.54) is 28.8 Å². The summed E-state index contributed by atoms with van der Waals surface area (Å²) in [5, 5.41) is 9.36. The molecule has 1 fully saturated rings. The Balaban J connectivity index is 1.70. The lowest BCUT2D eigenvalue weighted by Gasteiger charge is -2.13. The molecule has 6 nitrogen and oxygen atoms in total. The number of carboxylic acid groups (broad SMARTS) is 1. The predicted octanol–water partition coefficient (Wildman–Crippen LogP) is 3.56. The third-order valence-electron chi connectivity index (χ3n) is 4.03. The normalized spacial score (nSPS) is 21.0. The summed E-state index contributed by atoms with van der Waals surface area (Å²) in [6, 6.07) is 4.70. The Labute approximate surface area is 170 Å². The maximum atomic E-state index is 12.5. The lowest BCUT2D eigenvalue weighted by molar-refractivity contribution is -0.122. The second-order valence-electron chi connectivity index (χ2n) is 5.81. The van der Waals surface area contributed by atoms with E-state index in [0.717, 1.165) is 0 Å². The van der Waals surface area contributed by atoms with Crippen LogP contribution in [0.3, 0.4) is 0 Å². The maximum absolute atomic E-state index is 12.5. The number of ether oxygens (including phenoxy) is 2. The highest BCUT2D eigenvalue weighted by molar-refractivity contribution is 8.26. The van der Waals surface area contributed by atoms with E-state index in [9.17, 15) is 14.7 Å². The molecule has 27 heavy (non-hydrogen) atoms. The molecule has 1 unspecified atom stereocenters. The number of hydrogen-bond donors (Lipinski definition) is 1.